The molecule has 3 rings (SSSR count). The Labute approximate surface area is 169 Å². The molecule has 1 amide bonds. The third-order valence-corrected chi connectivity index (χ3v) is 7.05. The molecule has 0 radical (unpaired) electrons. The molecule has 1 aliphatic carbocycles. The number of benzene rings is 2. The number of amides is 1. The van der Waals surface area contributed by atoms with Gasteiger partial charge >= 0.3 is 0 Å². The number of anilines is 1. The molecule has 5 nitrogen and oxygen atoms in total. The highest BCUT2D eigenvalue weighted by molar-refractivity contribution is 7.90. The predicted molar refractivity (Wildman–Crippen MR) is 108 cm³/mol. The number of rotatable bonds is 6. The van der Waals surface area contributed by atoms with Gasteiger partial charge in [0.2, 0.25) is 10.0 Å². The molecule has 1 fully saturated rings. The Kier molecular flexibility index (Phi) is 6.33. The van der Waals surface area contributed by atoms with Crippen LogP contribution in [0.3, 0.4) is 0 Å². The molecule has 0 spiro atoms. The predicted octanol–water partition coefficient (Wildman–Crippen LogP) is 4.18. The SMILES string of the molecule is CC(C)S(=O)(=O)NC1CCC[C@@H]1c1ccc(NC(=O)c2cc(F)cc(F)c2)cc1. The van der Waals surface area contributed by atoms with E-state index >= 15 is 0 Å². The summed E-state index contributed by atoms with van der Waals surface area (Å²) < 4.78 is 53.8. The average Bonchev–Trinajstić information content (AvgIpc) is 3.08. The zero-order valence-electron chi connectivity index (χ0n) is 16.3. The number of carbonyl (C=O) groups excluding carboxylic acids is 1. The lowest BCUT2D eigenvalue weighted by atomic mass is 9.94. The number of hydrogen-bond acceptors (Lipinski definition) is 3. The molecule has 156 valence electrons. The maximum absolute atomic E-state index is 13.3. The molecule has 29 heavy (non-hydrogen) atoms. The van der Waals surface area contributed by atoms with Crippen molar-refractivity contribution in [3.05, 3.63) is 65.2 Å². The van der Waals surface area contributed by atoms with E-state index in [1.165, 1.54) is 0 Å². The summed E-state index contributed by atoms with van der Waals surface area (Å²) in [5, 5.41) is 2.12. The quantitative estimate of drug-likeness (QED) is 0.733. The van der Waals surface area contributed by atoms with Gasteiger partial charge in [0.05, 0.1) is 5.25 Å². The summed E-state index contributed by atoms with van der Waals surface area (Å²) in [6.45, 7) is 3.29. The lowest BCUT2D eigenvalue weighted by Crippen LogP contribution is -2.40. The lowest BCUT2D eigenvalue weighted by molar-refractivity contribution is 0.102. The first-order valence-corrected chi connectivity index (χ1v) is 11.1. The molecule has 2 aromatic carbocycles. The van der Waals surface area contributed by atoms with Crippen LogP contribution in [0.1, 0.15) is 54.9 Å². The first kappa shape index (κ1) is 21.4. The van der Waals surface area contributed by atoms with E-state index in [0.29, 0.717) is 11.8 Å². The molecule has 1 saturated carbocycles. The normalized spacial score (nSPS) is 19.5. The van der Waals surface area contributed by atoms with E-state index in [1.54, 1.807) is 26.0 Å². The second-order valence-corrected chi connectivity index (χ2v) is 9.86. The Bertz CT molecular complexity index is 971. The molecule has 0 heterocycles. The molecule has 2 aromatic rings. The van der Waals surface area contributed by atoms with Gasteiger partial charge in [0.15, 0.2) is 0 Å². The number of sulfonamides is 1. The van der Waals surface area contributed by atoms with E-state index in [-0.39, 0.29) is 17.5 Å². The molecular formula is C21H24F2N2O3S. The van der Waals surface area contributed by atoms with Crippen LogP contribution in [0.15, 0.2) is 42.5 Å². The van der Waals surface area contributed by atoms with Crippen LogP contribution in [0, 0.1) is 11.6 Å². The summed E-state index contributed by atoms with van der Waals surface area (Å²) in [5.41, 5.74) is 1.36. The maximum atomic E-state index is 13.3. The van der Waals surface area contributed by atoms with Gasteiger partial charge in [0, 0.05) is 29.3 Å². The summed E-state index contributed by atoms with van der Waals surface area (Å²) in [6.07, 6.45) is 2.58. The Morgan fingerprint density at radius 1 is 1.03 bits per heavy atom. The Hall–Kier alpha value is -2.32. The number of hydrogen-bond donors (Lipinski definition) is 2. The van der Waals surface area contributed by atoms with Gasteiger partial charge < -0.3 is 5.32 Å². The molecule has 8 heteroatoms. The van der Waals surface area contributed by atoms with Gasteiger partial charge in [-0.2, -0.15) is 0 Å². The van der Waals surface area contributed by atoms with E-state index in [1.807, 2.05) is 12.1 Å². The van der Waals surface area contributed by atoms with Crippen LogP contribution in [0.4, 0.5) is 14.5 Å². The zero-order valence-corrected chi connectivity index (χ0v) is 17.1. The monoisotopic (exact) mass is 422 g/mol. The van der Waals surface area contributed by atoms with Crippen molar-refractivity contribution < 1.29 is 22.0 Å². The fourth-order valence-corrected chi connectivity index (χ4v) is 4.53. The molecule has 0 bridgehead atoms. The van der Waals surface area contributed by atoms with Crippen LogP contribution in [0.5, 0.6) is 0 Å². The molecule has 1 unspecified atom stereocenters. The first-order chi connectivity index (χ1) is 13.7. The first-order valence-electron chi connectivity index (χ1n) is 9.54. The van der Waals surface area contributed by atoms with Crippen LogP contribution in [-0.2, 0) is 10.0 Å². The van der Waals surface area contributed by atoms with Gasteiger partial charge in [0.25, 0.3) is 5.91 Å². The highest BCUT2D eigenvalue weighted by Crippen LogP contribution is 2.35. The van der Waals surface area contributed by atoms with Crippen molar-refractivity contribution in [2.75, 3.05) is 5.32 Å². The van der Waals surface area contributed by atoms with Crippen LogP contribution in [0.2, 0.25) is 0 Å². The Morgan fingerprint density at radius 3 is 2.24 bits per heavy atom. The van der Waals surface area contributed by atoms with E-state index in [2.05, 4.69) is 10.0 Å². The highest BCUT2D eigenvalue weighted by atomic mass is 32.2. The van der Waals surface area contributed by atoms with Crippen molar-refractivity contribution in [1.29, 1.82) is 0 Å². The van der Waals surface area contributed by atoms with E-state index in [4.69, 9.17) is 0 Å². The van der Waals surface area contributed by atoms with Gasteiger partial charge in [-0.25, -0.2) is 21.9 Å². The minimum atomic E-state index is -3.35. The number of halogens is 2. The van der Waals surface area contributed by atoms with Crippen molar-refractivity contribution in [3.63, 3.8) is 0 Å². The average molecular weight is 422 g/mol. The fourth-order valence-electron chi connectivity index (χ4n) is 3.55. The van der Waals surface area contributed by atoms with Crippen molar-refractivity contribution >= 4 is 21.6 Å². The van der Waals surface area contributed by atoms with Crippen LogP contribution in [-0.4, -0.2) is 25.6 Å². The van der Waals surface area contributed by atoms with E-state index < -0.39 is 32.8 Å². The van der Waals surface area contributed by atoms with E-state index in [0.717, 1.165) is 37.0 Å². The van der Waals surface area contributed by atoms with Gasteiger partial charge in [0.1, 0.15) is 11.6 Å². The third kappa shape index (κ3) is 5.19. The third-order valence-electron chi connectivity index (χ3n) is 5.17. The topological polar surface area (TPSA) is 75.3 Å². The summed E-state index contributed by atoms with van der Waals surface area (Å²) in [7, 11) is -3.35. The fraction of sp³-hybridized carbons (Fsp3) is 0.381. The minimum absolute atomic E-state index is 0.0607. The van der Waals surface area contributed by atoms with Crippen molar-refractivity contribution in [1.82, 2.24) is 4.72 Å². The van der Waals surface area contributed by atoms with Crippen molar-refractivity contribution in [2.45, 2.75) is 50.3 Å². The maximum Gasteiger partial charge on any atom is 0.255 e. The zero-order chi connectivity index (χ0) is 21.2. The molecule has 2 N–H and O–H groups in total. The van der Waals surface area contributed by atoms with Crippen molar-refractivity contribution in [3.8, 4) is 0 Å². The summed E-state index contributed by atoms with van der Waals surface area (Å²) in [5.74, 6) is -2.19. The van der Waals surface area contributed by atoms with Gasteiger partial charge in [-0.15, -0.1) is 0 Å². The second kappa shape index (κ2) is 8.59. The molecule has 2 atom stereocenters. The minimum Gasteiger partial charge on any atom is -0.322 e. The second-order valence-electron chi connectivity index (χ2n) is 7.59. The lowest BCUT2D eigenvalue weighted by Gasteiger charge is -2.23. The van der Waals surface area contributed by atoms with Gasteiger partial charge in [-0.3, -0.25) is 4.79 Å². The largest absolute Gasteiger partial charge is 0.322 e. The van der Waals surface area contributed by atoms with E-state index in [9.17, 15) is 22.0 Å². The summed E-state index contributed by atoms with van der Waals surface area (Å²) in [4.78, 5) is 12.2. The summed E-state index contributed by atoms with van der Waals surface area (Å²) in [6, 6.07) is 9.58. The highest BCUT2D eigenvalue weighted by Gasteiger charge is 2.32. The molecule has 0 saturated heterocycles. The molecule has 0 aromatic heterocycles. The standard InChI is InChI=1S/C21H24F2N2O3S/c1-13(2)29(27,28)25-20-5-3-4-19(20)14-6-8-18(9-7-14)24-21(26)15-10-16(22)12-17(23)11-15/h6-13,19-20,25H,3-5H2,1-2H3,(H,24,26)/t19-,20?/m1/s1. The molecular weight excluding hydrogens is 398 g/mol. The van der Waals surface area contributed by atoms with Gasteiger partial charge in [-0.05, 0) is 56.5 Å². The van der Waals surface area contributed by atoms with Crippen LogP contribution >= 0.6 is 0 Å². The van der Waals surface area contributed by atoms with Crippen LogP contribution in [0.25, 0.3) is 0 Å². The smallest absolute Gasteiger partial charge is 0.255 e. The number of carbonyl (C=O) groups is 1. The Balaban J connectivity index is 1.70. The Morgan fingerprint density at radius 2 is 1.66 bits per heavy atom. The summed E-state index contributed by atoms with van der Waals surface area (Å²) >= 11 is 0. The molecule has 0 aliphatic heterocycles. The van der Waals surface area contributed by atoms with Crippen molar-refractivity contribution in [2.24, 2.45) is 0 Å². The molecule has 1 aliphatic rings. The van der Waals surface area contributed by atoms with Crippen LogP contribution < -0.4 is 10.0 Å². The number of nitrogens with one attached hydrogen (secondary N) is 2. The van der Waals surface area contributed by atoms with Gasteiger partial charge in [-0.1, -0.05) is 18.6 Å².